The normalized spacial score (nSPS) is 11.9. The quantitative estimate of drug-likeness (QED) is 0.124. The van der Waals surface area contributed by atoms with Crippen molar-refractivity contribution in [1.29, 1.82) is 0 Å². The fraction of sp³-hybridized carbons (Fsp3) is 0.250. The number of anilines is 1. The molecule has 0 saturated carbocycles. The number of methoxy groups -OCH3 is 2. The average molecular weight is 617 g/mol. The number of nitrogens with two attached hydrogens (primary N) is 1. The van der Waals surface area contributed by atoms with Gasteiger partial charge in [0, 0.05) is 19.0 Å². The van der Waals surface area contributed by atoms with Gasteiger partial charge < -0.3 is 25.1 Å². The number of benzene rings is 5. The number of nitrogen functional groups attached to an aromatic ring is 1. The summed E-state index contributed by atoms with van der Waals surface area (Å²) in [5.41, 5.74) is 14.7. The zero-order valence-electron chi connectivity index (χ0n) is 27.1. The molecule has 5 aromatic carbocycles. The first-order valence-corrected chi connectivity index (χ1v) is 15.6. The van der Waals surface area contributed by atoms with Gasteiger partial charge >= 0.3 is 0 Å². The van der Waals surface area contributed by atoms with E-state index in [2.05, 4.69) is 67.3 Å². The molecule has 1 atom stereocenters. The van der Waals surface area contributed by atoms with Crippen LogP contribution < -0.4 is 19.9 Å². The van der Waals surface area contributed by atoms with Crippen LogP contribution in [0.3, 0.4) is 0 Å². The Morgan fingerprint density at radius 2 is 1.17 bits per heavy atom. The van der Waals surface area contributed by atoms with Crippen LogP contribution >= 0.6 is 0 Å². The molecule has 0 aliphatic heterocycles. The van der Waals surface area contributed by atoms with Crippen LogP contribution in [-0.4, -0.2) is 37.4 Å². The van der Waals surface area contributed by atoms with Gasteiger partial charge in [-0.15, -0.1) is 0 Å². The zero-order chi connectivity index (χ0) is 32.5. The lowest BCUT2D eigenvalue weighted by Gasteiger charge is -2.35. The van der Waals surface area contributed by atoms with E-state index >= 15 is 0 Å². The average Bonchev–Trinajstić information content (AvgIpc) is 3.08. The van der Waals surface area contributed by atoms with Crippen LogP contribution in [-0.2, 0) is 13.2 Å². The van der Waals surface area contributed by atoms with Crippen molar-refractivity contribution >= 4 is 5.69 Å². The summed E-state index contributed by atoms with van der Waals surface area (Å²) in [6.07, 6.45) is 0. The minimum absolute atomic E-state index is 0.00204. The molecule has 0 spiro atoms. The van der Waals surface area contributed by atoms with Gasteiger partial charge in [0.2, 0.25) is 0 Å². The smallest absolute Gasteiger partial charge is 0.142 e. The Bertz CT molecular complexity index is 1650. The van der Waals surface area contributed by atoms with Crippen molar-refractivity contribution in [3.63, 3.8) is 0 Å². The van der Waals surface area contributed by atoms with Crippen LogP contribution in [0.1, 0.15) is 50.9 Å². The second kappa shape index (κ2) is 15.5. The number of aliphatic hydroxyl groups excluding tert-OH is 1. The van der Waals surface area contributed by atoms with Crippen molar-refractivity contribution in [3.8, 4) is 17.2 Å². The van der Waals surface area contributed by atoms with Crippen LogP contribution in [0.2, 0.25) is 0 Å². The molecular weight excluding hydrogens is 572 g/mol. The topological polar surface area (TPSA) is 77.2 Å². The van der Waals surface area contributed by atoms with Crippen molar-refractivity contribution in [1.82, 2.24) is 4.90 Å². The lowest BCUT2D eigenvalue weighted by molar-refractivity contribution is 0.113. The summed E-state index contributed by atoms with van der Waals surface area (Å²) in [4.78, 5) is 2.35. The van der Waals surface area contributed by atoms with E-state index in [1.807, 2.05) is 66.7 Å². The monoisotopic (exact) mass is 616 g/mol. The number of hydrogen-bond acceptors (Lipinski definition) is 6. The summed E-state index contributed by atoms with van der Waals surface area (Å²) in [5, 5.41) is 11.0. The van der Waals surface area contributed by atoms with Crippen LogP contribution in [0, 0.1) is 13.8 Å². The molecule has 6 heteroatoms. The van der Waals surface area contributed by atoms with Crippen molar-refractivity contribution in [2.24, 2.45) is 0 Å². The maximum atomic E-state index is 11.0. The van der Waals surface area contributed by atoms with Crippen LogP contribution in [0.25, 0.3) is 0 Å². The van der Waals surface area contributed by atoms with Gasteiger partial charge in [0.15, 0.2) is 0 Å². The van der Waals surface area contributed by atoms with E-state index in [1.165, 1.54) is 11.1 Å². The second-order valence-electron chi connectivity index (χ2n) is 11.7. The molecule has 0 amide bonds. The summed E-state index contributed by atoms with van der Waals surface area (Å²) in [7, 11) is 3.40. The van der Waals surface area contributed by atoms with E-state index in [0.717, 1.165) is 39.3 Å². The predicted octanol–water partition coefficient (Wildman–Crippen LogP) is 7.85. The molecule has 0 aliphatic rings. The van der Waals surface area contributed by atoms with Gasteiger partial charge in [0.25, 0.3) is 0 Å². The number of ether oxygens (including phenoxy) is 3. The number of aliphatic hydroxyl groups is 1. The lowest BCUT2D eigenvalue weighted by Crippen LogP contribution is -2.35. The maximum Gasteiger partial charge on any atom is 0.142 e. The zero-order valence-corrected chi connectivity index (χ0v) is 27.1. The molecule has 0 radical (unpaired) electrons. The summed E-state index contributed by atoms with van der Waals surface area (Å²) < 4.78 is 17.2. The third-order valence-corrected chi connectivity index (χ3v) is 8.56. The molecule has 0 aliphatic carbocycles. The van der Waals surface area contributed by atoms with E-state index in [-0.39, 0.29) is 18.6 Å². The summed E-state index contributed by atoms with van der Waals surface area (Å²) in [6.45, 7) is 5.77. The first-order valence-electron chi connectivity index (χ1n) is 15.6. The minimum Gasteiger partial charge on any atom is -0.496 e. The minimum atomic E-state index is -0.313. The second-order valence-corrected chi connectivity index (χ2v) is 11.7. The number of aryl methyl sites for hydroxylation is 2. The highest BCUT2D eigenvalue weighted by Gasteiger charge is 2.27. The largest absolute Gasteiger partial charge is 0.496 e. The molecule has 0 fully saturated rings. The predicted molar refractivity (Wildman–Crippen MR) is 186 cm³/mol. The fourth-order valence-electron chi connectivity index (χ4n) is 6.07. The van der Waals surface area contributed by atoms with E-state index in [0.29, 0.717) is 31.1 Å². The summed E-state index contributed by atoms with van der Waals surface area (Å²) in [5.74, 6) is 2.33. The Kier molecular flexibility index (Phi) is 11.0. The number of hydrogen-bond donors (Lipinski definition) is 2. The number of rotatable bonds is 14. The SMILES string of the molecule is COc1ccc(C(CN(Cc2ccccc2)C(CO)c2ccc(OCc3ccccc3)c(N)c2)c2ccc(OC)c(C)c2)cc1C. The van der Waals surface area contributed by atoms with Crippen molar-refractivity contribution in [2.75, 3.05) is 33.1 Å². The van der Waals surface area contributed by atoms with Crippen LogP contribution in [0.5, 0.6) is 17.2 Å². The molecule has 0 bridgehead atoms. The van der Waals surface area contributed by atoms with Gasteiger partial charge in [-0.1, -0.05) is 91.0 Å². The van der Waals surface area contributed by atoms with Gasteiger partial charge in [-0.05, 0) is 77.1 Å². The molecule has 46 heavy (non-hydrogen) atoms. The summed E-state index contributed by atoms with van der Waals surface area (Å²) >= 11 is 0. The fourth-order valence-corrected chi connectivity index (χ4v) is 6.07. The van der Waals surface area contributed by atoms with Gasteiger partial charge in [0.1, 0.15) is 23.9 Å². The molecule has 3 N–H and O–H groups in total. The van der Waals surface area contributed by atoms with E-state index in [1.54, 1.807) is 14.2 Å². The van der Waals surface area contributed by atoms with Gasteiger partial charge in [-0.3, -0.25) is 4.90 Å². The highest BCUT2D eigenvalue weighted by molar-refractivity contribution is 5.55. The Balaban J connectivity index is 1.52. The van der Waals surface area contributed by atoms with Gasteiger partial charge in [0.05, 0.1) is 32.6 Å². The van der Waals surface area contributed by atoms with Crippen LogP contribution in [0.15, 0.2) is 115 Å². The molecule has 0 saturated heterocycles. The molecule has 1 unspecified atom stereocenters. The van der Waals surface area contributed by atoms with E-state index in [9.17, 15) is 5.11 Å². The highest BCUT2D eigenvalue weighted by atomic mass is 16.5. The Morgan fingerprint density at radius 1 is 0.652 bits per heavy atom. The number of nitrogens with zero attached hydrogens (tertiary/aromatic N) is 1. The molecular formula is C40H44N2O4. The molecule has 0 heterocycles. The highest BCUT2D eigenvalue weighted by Crippen LogP contribution is 2.36. The van der Waals surface area contributed by atoms with E-state index in [4.69, 9.17) is 19.9 Å². The lowest BCUT2D eigenvalue weighted by atomic mass is 9.87. The van der Waals surface area contributed by atoms with Crippen molar-refractivity contribution in [3.05, 3.63) is 154 Å². The van der Waals surface area contributed by atoms with Crippen LogP contribution in [0.4, 0.5) is 5.69 Å². The van der Waals surface area contributed by atoms with Gasteiger partial charge in [-0.25, -0.2) is 0 Å². The standard InChI is InChI=1S/C40H44N2O4/c1-28-21-32(15-18-38(28)44-3)35(33-16-19-39(45-4)29(2)22-33)25-42(24-30-11-7-5-8-12-30)37(26-43)34-17-20-40(36(41)23-34)46-27-31-13-9-6-10-14-31/h5-23,35,37,43H,24-27,41H2,1-4H3. The maximum absolute atomic E-state index is 11.0. The van der Waals surface area contributed by atoms with Crippen molar-refractivity contribution < 1.29 is 19.3 Å². The molecule has 6 nitrogen and oxygen atoms in total. The third-order valence-electron chi connectivity index (χ3n) is 8.56. The summed E-state index contributed by atoms with van der Waals surface area (Å²) in [6, 6.07) is 38.7. The molecule has 5 rings (SSSR count). The molecule has 238 valence electrons. The first kappa shape index (κ1) is 32.6. The Hall–Kier alpha value is -4.78. The first-order chi connectivity index (χ1) is 22.4. The molecule has 5 aromatic rings. The Morgan fingerprint density at radius 3 is 1.67 bits per heavy atom. The van der Waals surface area contributed by atoms with E-state index < -0.39 is 0 Å². The molecule has 0 aromatic heterocycles. The van der Waals surface area contributed by atoms with Gasteiger partial charge in [-0.2, -0.15) is 0 Å². The third kappa shape index (κ3) is 7.89. The van der Waals surface area contributed by atoms with Crippen molar-refractivity contribution in [2.45, 2.75) is 39.0 Å². The Labute approximate surface area is 273 Å².